The Morgan fingerprint density at radius 1 is 1.27 bits per heavy atom. The van der Waals surface area contributed by atoms with Gasteiger partial charge in [0.2, 0.25) is 5.91 Å². The van der Waals surface area contributed by atoms with Crippen molar-refractivity contribution in [2.75, 3.05) is 38.6 Å². The molecule has 0 radical (unpaired) electrons. The third kappa shape index (κ3) is 4.25. The molecule has 2 aliphatic rings. The summed E-state index contributed by atoms with van der Waals surface area (Å²) < 4.78 is 6.42. The summed E-state index contributed by atoms with van der Waals surface area (Å²) in [5, 5.41) is 3.14. The second-order valence-electron chi connectivity index (χ2n) is 5.71. The molecule has 0 aromatic heterocycles. The Labute approximate surface area is 144 Å². The molecule has 6 heteroatoms. The first-order chi connectivity index (χ1) is 10.7. The lowest BCUT2D eigenvalue weighted by molar-refractivity contribution is -0.121. The van der Waals surface area contributed by atoms with E-state index >= 15 is 0 Å². The second kappa shape index (κ2) is 7.81. The Hall–Kier alpha value is -0.560. The normalized spacial score (nSPS) is 27.2. The van der Waals surface area contributed by atoms with Crippen LogP contribution in [-0.4, -0.2) is 55.4 Å². The molecule has 2 atom stereocenters. The molecular formula is C16H21BrN2O2S. The topological polar surface area (TPSA) is 41.6 Å². The molecular weight excluding hydrogens is 364 g/mol. The molecule has 0 bridgehead atoms. The summed E-state index contributed by atoms with van der Waals surface area (Å²) in [5.74, 6) is 1.15. The number of hydrogen-bond donors (Lipinski definition) is 1. The highest BCUT2D eigenvalue weighted by Gasteiger charge is 2.28. The van der Waals surface area contributed by atoms with E-state index in [1.165, 1.54) is 0 Å². The van der Waals surface area contributed by atoms with Gasteiger partial charge in [0.25, 0.3) is 0 Å². The average molecular weight is 385 g/mol. The van der Waals surface area contributed by atoms with Crippen LogP contribution in [-0.2, 0) is 9.53 Å². The predicted molar refractivity (Wildman–Crippen MR) is 93.1 cm³/mol. The number of carbonyl (C=O) groups is 1. The number of rotatable bonds is 3. The lowest BCUT2D eigenvalue weighted by atomic mass is 10.1. The number of nitrogens with one attached hydrogen (secondary N) is 1. The standard InChI is InChI=1S/C16H21BrN2O2S/c17-13-3-1-12(2-4-13)15-16(20)18-14(5-10-22-15)11-19-6-8-21-9-7-19/h1-4,14-15H,5-11H2,(H,18,20)/t14-,15+/m0/s1. The average Bonchev–Trinajstić information content (AvgIpc) is 2.71. The first-order valence-corrected chi connectivity index (χ1v) is 9.54. The zero-order valence-electron chi connectivity index (χ0n) is 12.5. The van der Waals surface area contributed by atoms with Gasteiger partial charge in [0.15, 0.2) is 0 Å². The fourth-order valence-electron chi connectivity index (χ4n) is 2.87. The number of thioether (sulfide) groups is 1. The van der Waals surface area contributed by atoms with Gasteiger partial charge in [0.05, 0.1) is 13.2 Å². The first-order valence-electron chi connectivity index (χ1n) is 7.70. The molecule has 1 aromatic carbocycles. The highest BCUT2D eigenvalue weighted by atomic mass is 79.9. The SMILES string of the molecule is O=C1N[C@H](CN2CCOCC2)CCS[C@@H]1c1ccc(Br)cc1. The fourth-order valence-corrected chi connectivity index (χ4v) is 4.36. The van der Waals surface area contributed by atoms with Crippen molar-refractivity contribution in [2.24, 2.45) is 0 Å². The molecule has 2 fully saturated rings. The van der Waals surface area contributed by atoms with Crippen molar-refractivity contribution in [3.05, 3.63) is 34.3 Å². The highest BCUT2D eigenvalue weighted by Crippen LogP contribution is 2.32. The first kappa shape index (κ1) is 16.3. The van der Waals surface area contributed by atoms with Gasteiger partial charge in [-0.2, -0.15) is 0 Å². The van der Waals surface area contributed by atoms with Crippen LogP contribution in [0.25, 0.3) is 0 Å². The zero-order chi connectivity index (χ0) is 15.4. The molecule has 3 rings (SSSR count). The number of morpholine rings is 1. The monoisotopic (exact) mass is 384 g/mol. The lowest BCUT2D eigenvalue weighted by Crippen LogP contribution is -2.47. The smallest absolute Gasteiger partial charge is 0.237 e. The van der Waals surface area contributed by atoms with E-state index in [0.717, 1.165) is 55.1 Å². The number of halogens is 1. The van der Waals surface area contributed by atoms with Crippen LogP contribution in [0.1, 0.15) is 17.2 Å². The van der Waals surface area contributed by atoms with Crippen LogP contribution in [0, 0.1) is 0 Å². The molecule has 22 heavy (non-hydrogen) atoms. The van der Waals surface area contributed by atoms with E-state index in [0.29, 0.717) is 0 Å². The van der Waals surface area contributed by atoms with Gasteiger partial charge < -0.3 is 10.1 Å². The Balaban J connectivity index is 1.61. The molecule has 0 unspecified atom stereocenters. The number of carbonyl (C=O) groups excluding carboxylic acids is 1. The molecule has 2 heterocycles. The van der Waals surface area contributed by atoms with Crippen molar-refractivity contribution < 1.29 is 9.53 Å². The summed E-state index contributed by atoms with van der Waals surface area (Å²) in [7, 11) is 0. The van der Waals surface area contributed by atoms with Crippen molar-refractivity contribution >= 4 is 33.6 Å². The fraction of sp³-hybridized carbons (Fsp3) is 0.562. The second-order valence-corrected chi connectivity index (χ2v) is 7.84. The molecule has 0 saturated carbocycles. The molecule has 1 amide bonds. The van der Waals surface area contributed by atoms with Crippen LogP contribution in [0.3, 0.4) is 0 Å². The molecule has 120 valence electrons. The van der Waals surface area contributed by atoms with E-state index in [4.69, 9.17) is 4.74 Å². The minimum Gasteiger partial charge on any atom is -0.379 e. The molecule has 0 spiro atoms. The van der Waals surface area contributed by atoms with E-state index < -0.39 is 0 Å². The summed E-state index contributed by atoms with van der Waals surface area (Å²) in [6.07, 6.45) is 1.03. The van der Waals surface area contributed by atoms with Gasteiger partial charge in [-0.15, -0.1) is 11.8 Å². The predicted octanol–water partition coefficient (Wildman–Crippen LogP) is 2.44. The maximum absolute atomic E-state index is 12.6. The molecule has 0 aliphatic carbocycles. The Kier molecular flexibility index (Phi) is 5.79. The number of hydrogen-bond acceptors (Lipinski definition) is 4. The molecule has 2 aliphatic heterocycles. The van der Waals surface area contributed by atoms with Gasteiger partial charge in [-0.25, -0.2) is 0 Å². The highest BCUT2D eigenvalue weighted by molar-refractivity contribution is 9.10. The van der Waals surface area contributed by atoms with Gasteiger partial charge in [0, 0.05) is 30.1 Å². The summed E-state index contributed by atoms with van der Waals surface area (Å²) in [4.78, 5) is 15.0. The number of amides is 1. The third-order valence-electron chi connectivity index (χ3n) is 4.09. The van der Waals surface area contributed by atoms with Crippen molar-refractivity contribution in [1.82, 2.24) is 10.2 Å². The Morgan fingerprint density at radius 2 is 2.00 bits per heavy atom. The number of ether oxygens (including phenoxy) is 1. The Morgan fingerprint density at radius 3 is 2.73 bits per heavy atom. The van der Waals surface area contributed by atoms with Gasteiger partial charge in [0.1, 0.15) is 5.25 Å². The molecule has 4 nitrogen and oxygen atoms in total. The largest absolute Gasteiger partial charge is 0.379 e. The third-order valence-corrected chi connectivity index (χ3v) is 5.91. The van der Waals surface area contributed by atoms with Gasteiger partial charge in [-0.1, -0.05) is 28.1 Å². The minimum absolute atomic E-state index is 0.0946. The maximum atomic E-state index is 12.6. The molecule has 1 aromatic rings. The van der Waals surface area contributed by atoms with Gasteiger partial charge in [-0.05, 0) is 29.9 Å². The van der Waals surface area contributed by atoms with Crippen LogP contribution in [0.15, 0.2) is 28.7 Å². The van der Waals surface area contributed by atoms with Crippen LogP contribution in [0.4, 0.5) is 0 Å². The summed E-state index contributed by atoms with van der Waals surface area (Å²) in [6.45, 7) is 4.47. The van der Waals surface area contributed by atoms with E-state index in [2.05, 4.69) is 26.1 Å². The molecule has 2 saturated heterocycles. The van der Waals surface area contributed by atoms with Crippen LogP contribution in [0.2, 0.25) is 0 Å². The summed E-state index contributed by atoms with van der Waals surface area (Å²) in [6, 6.07) is 8.31. The van der Waals surface area contributed by atoms with E-state index in [1.54, 1.807) is 11.8 Å². The number of benzene rings is 1. The number of nitrogens with zero attached hydrogens (tertiary/aromatic N) is 1. The lowest BCUT2D eigenvalue weighted by Gasteiger charge is -2.30. The van der Waals surface area contributed by atoms with Gasteiger partial charge >= 0.3 is 0 Å². The van der Waals surface area contributed by atoms with E-state index in [1.807, 2.05) is 24.3 Å². The van der Waals surface area contributed by atoms with Crippen molar-refractivity contribution in [2.45, 2.75) is 17.7 Å². The summed E-state index contributed by atoms with van der Waals surface area (Å²) >= 11 is 5.19. The quantitative estimate of drug-likeness (QED) is 0.868. The summed E-state index contributed by atoms with van der Waals surface area (Å²) in [5.41, 5.74) is 1.08. The van der Waals surface area contributed by atoms with Crippen LogP contribution < -0.4 is 5.32 Å². The maximum Gasteiger partial charge on any atom is 0.237 e. The van der Waals surface area contributed by atoms with E-state index in [-0.39, 0.29) is 17.2 Å². The van der Waals surface area contributed by atoms with Crippen LogP contribution >= 0.6 is 27.7 Å². The van der Waals surface area contributed by atoms with Crippen molar-refractivity contribution in [1.29, 1.82) is 0 Å². The Bertz CT molecular complexity index is 505. The van der Waals surface area contributed by atoms with Crippen molar-refractivity contribution in [3.8, 4) is 0 Å². The zero-order valence-corrected chi connectivity index (χ0v) is 14.9. The minimum atomic E-state index is -0.0946. The van der Waals surface area contributed by atoms with Gasteiger partial charge in [-0.3, -0.25) is 9.69 Å². The molecule has 1 N–H and O–H groups in total. The van der Waals surface area contributed by atoms with E-state index in [9.17, 15) is 4.79 Å². The van der Waals surface area contributed by atoms with Crippen molar-refractivity contribution in [3.63, 3.8) is 0 Å². The van der Waals surface area contributed by atoms with Crippen LogP contribution in [0.5, 0.6) is 0 Å².